The molecule has 22 nitrogen and oxygen atoms in total. The number of nitrogens with zero attached hydrogens (tertiary/aromatic N) is 9. The number of likely N-dealkylation sites (N-methyl/N-ethyl adjacent to an activating group) is 1. The number of aromatic nitrogens is 7. The van der Waals surface area contributed by atoms with Gasteiger partial charge in [0.25, 0.3) is 0 Å². The molecule has 2 amide bonds. The highest BCUT2D eigenvalue weighted by atomic mass is 32.7. The predicted octanol–water partition coefficient (Wildman–Crippen LogP) is 4.12. The Balaban J connectivity index is 1.22. The summed E-state index contributed by atoms with van der Waals surface area (Å²) < 4.78 is 86.5. The fourth-order valence-corrected chi connectivity index (χ4v) is 9.03. The smallest absolute Gasteiger partial charge is 0.447 e. The van der Waals surface area contributed by atoms with Gasteiger partial charge in [-0.15, -0.1) is 4.52 Å². The zero-order chi connectivity index (χ0) is 44.5. The number of aliphatic hydroxyl groups is 1. The van der Waals surface area contributed by atoms with Gasteiger partial charge in [-0.1, -0.05) is 12.2 Å². The number of hydrogen-bond acceptors (Lipinski definition) is 18. The van der Waals surface area contributed by atoms with Crippen LogP contribution in [0.5, 0.6) is 0 Å². The molecule has 0 aliphatic carbocycles. The molecule has 10 atom stereocenters. The van der Waals surface area contributed by atoms with Gasteiger partial charge >= 0.3 is 26.1 Å². The Labute approximate surface area is 363 Å². The van der Waals surface area contributed by atoms with E-state index in [0.29, 0.717) is 11.2 Å². The highest BCUT2D eigenvalue weighted by Gasteiger charge is 2.53. The van der Waals surface area contributed by atoms with Gasteiger partial charge in [-0.05, 0) is 43.2 Å². The van der Waals surface area contributed by atoms with Crippen molar-refractivity contribution in [3.63, 3.8) is 0 Å². The van der Waals surface area contributed by atoms with Gasteiger partial charge in [-0.3, -0.25) is 14.0 Å². The van der Waals surface area contributed by atoms with E-state index in [9.17, 15) is 24.2 Å². The lowest BCUT2D eigenvalue weighted by Crippen LogP contribution is -2.38. The summed E-state index contributed by atoms with van der Waals surface area (Å²) in [6.45, 7) is -0.925. The first kappa shape index (κ1) is 45.9. The Morgan fingerprint density at radius 3 is 2.58 bits per heavy atom. The van der Waals surface area contributed by atoms with Crippen molar-refractivity contribution in [3.8, 4) is 0 Å². The van der Waals surface area contributed by atoms with Crippen LogP contribution in [0, 0.1) is 0 Å². The van der Waals surface area contributed by atoms with Crippen LogP contribution in [0.25, 0.3) is 22.2 Å². The number of amides is 2. The fraction of sp³-hybridized carbons (Fsp3) is 0.559. The minimum Gasteiger partial charge on any atom is -0.447 e. The number of carbonyl (C=O) groups is 2. The van der Waals surface area contributed by atoms with Crippen LogP contribution in [-0.2, 0) is 48.9 Å². The van der Waals surface area contributed by atoms with Gasteiger partial charge in [-0.25, -0.2) is 43.3 Å². The van der Waals surface area contributed by atoms with Gasteiger partial charge in [0.05, 0.1) is 31.5 Å². The first-order valence-corrected chi connectivity index (χ1v) is 23.8. The number of carbonyl (C=O) groups excluding carboxylic acids is 2. The summed E-state index contributed by atoms with van der Waals surface area (Å²) in [5, 5.41) is 13.8. The average Bonchev–Trinajstić information content (AvgIpc) is 3.98. The number of alkyl halides is 2. The molecule has 7 heterocycles. The Morgan fingerprint density at radius 1 is 1.10 bits per heavy atom. The van der Waals surface area contributed by atoms with Crippen LogP contribution in [0.4, 0.5) is 30.0 Å². The number of halogens is 2. The van der Waals surface area contributed by atoms with Crippen molar-refractivity contribution in [2.24, 2.45) is 0 Å². The second-order valence-electron chi connectivity index (χ2n) is 15.0. The molecule has 3 N–H and O–H groups in total. The lowest BCUT2D eigenvalue weighted by Gasteiger charge is -2.25. The Kier molecular flexibility index (Phi) is 14.0. The number of nitrogens with one attached hydrogen (secondary N) is 1. The van der Waals surface area contributed by atoms with E-state index in [2.05, 4.69) is 42.5 Å². The standard InChI is InChI=1S/C34H42F2N10O12P2S2/c1-34(2,3)56-32(48)43(4)11-12-52-33(49)45-9-6-5-8-37-26-18-7-10-44(27(18)39-15-38-26)30-21(35)24(57-59(50)61)20(55-30)14-53-60(51,62)58-25-19(13-47)54-31(22(25)36)46-17-42-23-28(45)40-16-41-29(23)46/h5-7,10,15-17,19-22,24-25,30-31,47H,8-9,11-14H2,1-4H3,(H2-,37,38,39,50,51,61,62)/p+1/b6-5+/t19-,20-,21-,22-,24-,25-,30-,31-,60?/m1/s1. The monoisotopic (exact) mass is 947 g/mol. The molecule has 4 aromatic heterocycles. The van der Waals surface area contributed by atoms with Gasteiger partial charge in [0.1, 0.15) is 66.9 Å². The number of hydrogen-bond donors (Lipinski definition) is 4. The van der Waals surface area contributed by atoms with Crippen molar-refractivity contribution in [1.29, 1.82) is 0 Å². The first-order chi connectivity index (χ1) is 29.5. The molecule has 3 aliphatic heterocycles. The van der Waals surface area contributed by atoms with Crippen LogP contribution in [0.15, 0.2) is 43.4 Å². The molecule has 3 aliphatic rings. The number of imidazole rings is 1. The van der Waals surface area contributed by atoms with E-state index in [1.54, 1.807) is 39.0 Å². The molecular weight excluding hydrogens is 905 g/mol. The normalized spacial score (nSPS) is 29.0. The lowest BCUT2D eigenvalue weighted by molar-refractivity contribution is -0.0505. The summed E-state index contributed by atoms with van der Waals surface area (Å²) in [4.78, 5) is 61.5. The summed E-state index contributed by atoms with van der Waals surface area (Å²) in [7, 11) is -1.16. The summed E-state index contributed by atoms with van der Waals surface area (Å²) in [6.07, 6.45) is -6.17. The Bertz CT molecular complexity index is 2380. The summed E-state index contributed by atoms with van der Waals surface area (Å²) in [5.74, 6) is 0.334. The van der Waals surface area contributed by atoms with E-state index in [0.717, 1.165) is 11.2 Å². The van der Waals surface area contributed by atoms with Gasteiger partial charge in [0, 0.05) is 26.3 Å². The first-order valence-electron chi connectivity index (χ1n) is 18.9. The fourth-order valence-electron chi connectivity index (χ4n) is 6.81. The third kappa shape index (κ3) is 10.00. The molecule has 28 heteroatoms. The van der Waals surface area contributed by atoms with E-state index in [1.165, 1.54) is 39.9 Å². The van der Waals surface area contributed by atoms with Gasteiger partial charge in [0.2, 0.25) is 0 Å². The van der Waals surface area contributed by atoms with Crippen LogP contribution in [-0.4, -0.2) is 150 Å². The maximum Gasteiger partial charge on any atom is 0.582 e. The third-order valence-corrected chi connectivity index (χ3v) is 11.9. The number of ether oxygens (including phenoxy) is 4. The zero-order valence-electron chi connectivity index (χ0n) is 33.4. The van der Waals surface area contributed by atoms with Crippen LogP contribution < -0.4 is 10.2 Å². The van der Waals surface area contributed by atoms with Gasteiger partial charge in [-0.2, -0.15) is 0 Å². The van der Waals surface area contributed by atoms with Crippen molar-refractivity contribution in [1.82, 2.24) is 39.0 Å². The second kappa shape index (κ2) is 19.0. The van der Waals surface area contributed by atoms with Crippen molar-refractivity contribution < 1.29 is 65.5 Å². The van der Waals surface area contributed by atoms with Gasteiger partial charge < -0.3 is 48.3 Å². The van der Waals surface area contributed by atoms with Gasteiger partial charge in [0.15, 0.2) is 47.9 Å². The lowest BCUT2D eigenvalue weighted by atomic mass is 10.1. The molecule has 0 saturated carbocycles. The summed E-state index contributed by atoms with van der Waals surface area (Å²) in [6, 6.07) is 1.62. The largest absolute Gasteiger partial charge is 0.582 e. The van der Waals surface area contributed by atoms with E-state index >= 15 is 8.78 Å². The average molecular weight is 948 g/mol. The molecule has 336 valence electrons. The van der Waals surface area contributed by atoms with E-state index in [4.69, 9.17) is 44.3 Å². The van der Waals surface area contributed by atoms with Crippen molar-refractivity contribution in [2.75, 3.05) is 56.7 Å². The van der Waals surface area contributed by atoms with E-state index < -0.39 is 94.2 Å². The number of fused-ring (bicyclic) bond motifs is 6. The Hall–Kier alpha value is -4.07. The van der Waals surface area contributed by atoms with Crippen LogP contribution >= 0.6 is 26.2 Å². The summed E-state index contributed by atoms with van der Waals surface area (Å²) >= 11 is 9.01. The topological polar surface area (TPSA) is 249 Å². The predicted molar refractivity (Wildman–Crippen MR) is 222 cm³/mol. The maximum atomic E-state index is 16.5. The van der Waals surface area contributed by atoms with Crippen molar-refractivity contribution >= 4 is 84.0 Å². The van der Waals surface area contributed by atoms with Crippen LogP contribution in [0.1, 0.15) is 33.2 Å². The SMILES string of the molecule is CN(CCOC(=O)N1C/C=C/CNc2ncnc3c2ccn3[C@@H]2O[C@H](COP(O)(=S)O[C@H]3[C@@H](F)[C@@H](O[C@@H]3CO)n3cnc4c1ncnc43)[C@@H](O[P+](=O)S)[C@H]2F)C(=O)OC(C)(C)C. The Morgan fingerprint density at radius 2 is 1.84 bits per heavy atom. The third-order valence-electron chi connectivity index (χ3n) is 9.66. The molecule has 0 aromatic carbocycles. The van der Waals surface area contributed by atoms with Crippen LogP contribution in [0.2, 0.25) is 0 Å². The minimum absolute atomic E-state index is 0.00391. The number of anilines is 2. The van der Waals surface area contributed by atoms with Crippen molar-refractivity contribution in [2.45, 2.75) is 75.6 Å². The van der Waals surface area contributed by atoms with Crippen molar-refractivity contribution in [3.05, 3.63) is 43.4 Å². The highest BCUT2D eigenvalue weighted by Crippen LogP contribution is 2.51. The maximum absolute atomic E-state index is 16.5. The summed E-state index contributed by atoms with van der Waals surface area (Å²) in [5.41, 5.74) is -0.462. The molecule has 2 saturated heterocycles. The number of thiol groups is 1. The highest BCUT2D eigenvalue weighted by molar-refractivity contribution is 8.39. The second-order valence-corrected chi connectivity index (χ2v) is 19.5. The molecule has 4 aromatic rings. The molecular formula is C34H43F2N10O12P2S2+. The molecule has 12 bridgehead atoms. The van der Waals surface area contributed by atoms with E-state index in [1.807, 2.05) is 0 Å². The molecule has 2 unspecified atom stereocenters. The van der Waals surface area contributed by atoms with E-state index in [-0.39, 0.29) is 48.9 Å². The molecule has 0 radical (unpaired) electrons. The molecule has 2 fully saturated rings. The zero-order valence-corrected chi connectivity index (χ0v) is 36.9. The number of aliphatic hydroxyl groups excluding tert-OH is 1. The minimum atomic E-state index is -4.43. The molecule has 62 heavy (non-hydrogen) atoms. The quantitative estimate of drug-likeness (QED) is 0.121. The molecule has 7 rings (SSSR count). The number of rotatable bonds is 6. The molecule has 0 spiro atoms. The van der Waals surface area contributed by atoms with Crippen LogP contribution in [0.3, 0.4) is 0 Å².